The number of nitrogens with one attached hydrogen (secondary N) is 2. The summed E-state index contributed by atoms with van der Waals surface area (Å²) in [7, 11) is 0. The van der Waals surface area contributed by atoms with Crippen LogP contribution in [0.5, 0.6) is 11.5 Å². The normalized spacial score (nSPS) is 10.6. The Kier molecular flexibility index (Phi) is 5.33. The van der Waals surface area contributed by atoms with Gasteiger partial charge in [0.1, 0.15) is 34.7 Å². The Hall–Kier alpha value is -4.27. The maximum atomic E-state index is 13.0. The molecule has 2 heterocycles. The Morgan fingerprint density at radius 2 is 1.77 bits per heavy atom. The smallest absolute Gasteiger partial charge is 0.267 e. The second-order valence-electron chi connectivity index (χ2n) is 6.30. The predicted octanol–water partition coefficient (Wildman–Crippen LogP) is 3.51. The SMILES string of the molecule is NC(=O)c1cc(NCc2ncc[nH]2)nc(-c2ccc(Oc3ccc(F)cc3)cc2)n1. The highest BCUT2D eigenvalue weighted by Gasteiger charge is 2.11. The molecular formula is C21H17FN6O2. The Morgan fingerprint density at radius 1 is 1.07 bits per heavy atom. The minimum Gasteiger partial charge on any atom is -0.457 e. The van der Waals surface area contributed by atoms with E-state index >= 15 is 0 Å². The van der Waals surface area contributed by atoms with Crippen molar-refractivity contribution in [3.05, 3.63) is 84.3 Å². The molecule has 8 nitrogen and oxygen atoms in total. The van der Waals surface area contributed by atoms with E-state index < -0.39 is 5.91 Å². The summed E-state index contributed by atoms with van der Waals surface area (Å²) >= 11 is 0. The van der Waals surface area contributed by atoms with Crippen molar-refractivity contribution in [2.24, 2.45) is 5.73 Å². The van der Waals surface area contributed by atoms with Crippen LogP contribution in [0.4, 0.5) is 10.2 Å². The van der Waals surface area contributed by atoms with Gasteiger partial charge in [-0.25, -0.2) is 19.3 Å². The van der Waals surface area contributed by atoms with E-state index in [-0.39, 0.29) is 11.5 Å². The van der Waals surface area contributed by atoms with Crippen molar-refractivity contribution < 1.29 is 13.9 Å². The third-order valence-corrected chi connectivity index (χ3v) is 4.13. The van der Waals surface area contributed by atoms with Crippen LogP contribution in [0.3, 0.4) is 0 Å². The van der Waals surface area contributed by atoms with Crippen molar-refractivity contribution in [1.29, 1.82) is 0 Å². The summed E-state index contributed by atoms with van der Waals surface area (Å²) in [5, 5.41) is 3.09. The first-order valence-electron chi connectivity index (χ1n) is 9.02. The number of hydrogen-bond donors (Lipinski definition) is 3. The van der Waals surface area contributed by atoms with Gasteiger partial charge in [0, 0.05) is 24.0 Å². The molecule has 0 aliphatic heterocycles. The molecule has 1 amide bonds. The number of carbonyl (C=O) groups is 1. The van der Waals surface area contributed by atoms with Crippen molar-refractivity contribution in [3.8, 4) is 22.9 Å². The lowest BCUT2D eigenvalue weighted by Gasteiger charge is -2.09. The summed E-state index contributed by atoms with van der Waals surface area (Å²) in [5.41, 5.74) is 6.18. The fourth-order valence-electron chi connectivity index (χ4n) is 2.67. The molecule has 9 heteroatoms. The average Bonchev–Trinajstić information content (AvgIpc) is 3.28. The van der Waals surface area contributed by atoms with Crippen LogP contribution in [0.1, 0.15) is 16.3 Å². The highest BCUT2D eigenvalue weighted by atomic mass is 19.1. The van der Waals surface area contributed by atoms with E-state index in [1.54, 1.807) is 48.8 Å². The molecule has 0 spiro atoms. The zero-order chi connectivity index (χ0) is 20.9. The summed E-state index contributed by atoms with van der Waals surface area (Å²) < 4.78 is 18.7. The fourth-order valence-corrected chi connectivity index (χ4v) is 2.67. The summed E-state index contributed by atoms with van der Waals surface area (Å²) in [6, 6.07) is 14.2. The molecule has 4 N–H and O–H groups in total. The largest absolute Gasteiger partial charge is 0.457 e. The molecule has 4 rings (SSSR count). The van der Waals surface area contributed by atoms with Gasteiger partial charge in [0.2, 0.25) is 0 Å². The van der Waals surface area contributed by atoms with E-state index in [9.17, 15) is 9.18 Å². The van der Waals surface area contributed by atoms with Gasteiger partial charge >= 0.3 is 0 Å². The molecule has 0 unspecified atom stereocenters. The number of aromatic nitrogens is 4. The van der Waals surface area contributed by atoms with E-state index in [0.717, 1.165) is 5.82 Å². The zero-order valence-corrected chi connectivity index (χ0v) is 15.7. The first kappa shape index (κ1) is 19.1. The maximum absolute atomic E-state index is 13.0. The summed E-state index contributed by atoms with van der Waals surface area (Å²) in [4.78, 5) is 27.5. The number of nitrogens with zero attached hydrogens (tertiary/aromatic N) is 3. The van der Waals surface area contributed by atoms with Crippen LogP contribution in [0.25, 0.3) is 11.4 Å². The van der Waals surface area contributed by atoms with E-state index in [1.807, 2.05) is 0 Å². The second kappa shape index (κ2) is 8.39. The number of halogens is 1. The van der Waals surface area contributed by atoms with Gasteiger partial charge in [0.15, 0.2) is 5.82 Å². The van der Waals surface area contributed by atoms with Crippen LogP contribution in [-0.4, -0.2) is 25.8 Å². The number of H-pyrrole nitrogens is 1. The van der Waals surface area contributed by atoms with Crippen LogP contribution in [0.2, 0.25) is 0 Å². The van der Waals surface area contributed by atoms with E-state index in [2.05, 4.69) is 25.3 Å². The molecule has 30 heavy (non-hydrogen) atoms. The lowest BCUT2D eigenvalue weighted by molar-refractivity contribution is 0.0995. The Labute approximate surface area is 171 Å². The second-order valence-corrected chi connectivity index (χ2v) is 6.30. The lowest BCUT2D eigenvalue weighted by Crippen LogP contribution is -2.15. The van der Waals surface area contributed by atoms with E-state index in [1.165, 1.54) is 18.2 Å². The fraction of sp³-hybridized carbons (Fsp3) is 0.0476. The van der Waals surface area contributed by atoms with Crippen molar-refractivity contribution in [2.75, 3.05) is 5.32 Å². The summed E-state index contributed by atoms with van der Waals surface area (Å²) in [6.07, 6.45) is 3.36. The highest BCUT2D eigenvalue weighted by Crippen LogP contribution is 2.25. The topological polar surface area (TPSA) is 119 Å². The van der Waals surface area contributed by atoms with Crippen LogP contribution >= 0.6 is 0 Å². The molecule has 150 valence electrons. The van der Waals surface area contributed by atoms with Crippen molar-refractivity contribution in [1.82, 2.24) is 19.9 Å². The first-order chi connectivity index (χ1) is 14.6. The number of anilines is 1. The number of ether oxygens (including phenoxy) is 1. The third kappa shape index (κ3) is 4.58. The number of imidazole rings is 1. The van der Waals surface area contributed by atoms with Gasteiger partial charge in [-0.2, -0.15) is 0 Å². The monoisotopic (exact) mass is 404 g/mol. The van der Waals surface area contributed by atoms with E-state index in [0.29, 0.717) is 35.2 Å². The van der Waals surface area contributed by atoms with Crippen molar-refractivity contribution >= 4 is 11.7 Å². The standard InChI is InChI=1S/C21H17FN6O2/c22-14-3-7-16(8-4-14)30-15-5-1-13(2-6-15)21-27-17(20(23)29)11-18(28-21)26-12-19-24-9-10-25-19/h1-11H,12H2,(H2,23,29)(H,24,25)(H,26,27,28). The first-order valence-corrected chi connectivity index (χ1v) is 9.02. The lowest BCUT2D eigenvalue weighted by atomic mass is 10.2. The number of aromatic amines is 1. The quantitative estimate of drug-likeness (QED) is 0.434. The van der Waals surface area contributed by atoms with Gasteiger partial charge in [-0.15, -0.1) is 0 Å². The molecule has 2 aromatic heterocycles. The van der Waals surface area contributed by atoms with Gasteiger partial charge in [-0.1, -0.05) is 0 Å². The predicted molar refractivity (Wildman–Crippen MR) is 108 cm³/mol. The Balaban J connectivity index is 1.55. The molecule has 0 radical (unpaired) electrons. The number of amides is 1. The molecule has 0 saturated heterocycles. The minimum atomic E-state index is -0.657. The number of hydrogen-bond acceptors (Lipinski definition) is 6. The highest BCUT2D eigenvalue weighted by molar-refractivity contribution is 5.92. The van der Waals surface area contributed by atoms with Gasteiger partial charge in [0.25, 0.3) is 5.91 Å². The average molecular weight is 404 g/mol. The van der Waals surface area contributed by atoms with E-state index in [4.69, 9.17) is 10.5 Å². The molecular weight excluding hydrogens is 387 g/mol. The molecule has 0 atom stereocenters. The van der Waals surface area contributed by atoms with Crippen LogP contribution in [0, 0.1) is 5.82 Å². The minimum absolute atomic E-state index is 0.0913. The third-order valence-electron chi connectivity index (χ3n) is 4.13. The molecule has 0 saturated carbocycles. The van der Waals surface area contributed by atoms with Gasteiger partial charge in [-0.3, -0.25) is 4.79 Å². The number of benzene rings is 2. The maximum Gasteiger partial charge on any atom is 0.267 e. The molecule has 0 aliphatic rings. The van der Waals surface area contributed by atoms with Crippen LogP contribution in [-0.2, 0) is 6.54 Å². The van der Waals surface area contributed by atoms with Gasteiger partial charge < -0.3 is 20.8 Å². The van der Waals surface area contributed by atoms with Crippen molar-refractivity contribution in [2.45, 2.75) is 6.54 Å². The van der Waals surface area contributed by atoms with Gasteiger partial charge in [-0.05, 0) is 48.5 Å². The molecule has 0 aliphatic carbocycles. The zero-order valence-electron chi connectivity index (χ0n) is 15.7. The Bertz CT molecular complexity index is 1150. The number of nitrogens with two attached hydrogens (primary N) is 1. The molecule has 0 bridgehead atoms. The Morgan fingerprint density at radius 3 is 2.40 bits per heavy atom. The molecule has 0 fully saturated rings. The summed E-state index contributed by atoms with van der Waals surface area (Å²) in [6.45, 7) is 0.395. The molecule has 2 aromatic carbocycles. The summed E-state index contributed by atoms with van der Waals surface area (Å²) in [5.74, 6) is 1.58. The number of carbonyl (C=O) groups excluding carboxylic acids is 1. The van der Waals surface area contributed by atoms with Crippen LogP contribution in [0.15, 0.2) is 67.0 Å². The molecule has 4 aromatic rings. The van der Waals surface area contributed by atoms with Crippen LogP contribution < -0.4 is 15.8 Å². The number of rotatable bonds is 7. The van der Waals surface area contributed by atoms with Crippen molar-refractivity contribution in [3.63, 3.8) is 0 Å². The van der Waals surface area contributed by atoms with Gasteiger partial charge in [0.05, 0.1) is 6.54 Å². The number of primary amides is 1.